The van der Waals surface area contributed by atoms with E-state index in [0.717, 1.165) is 11.3 Å². The number of benzene rings is 2. The van der Waals surface area contributed by atoms with Crippen LogP contribution in [-0.4, -0.2) is 16.6 Å². The summed E-state index contributed by atoms with van der Waals surface area (Å²) in [7, 11) is 0. The summed E-state index contributed by atoms with van der Waals surface area (Å²) in [5.74, 6) is 0. The van der Waals surface area contributed by atoms with Crippen LogP contribution in [0.5, 0.6) is 0 Å². The molecule has 0 aromatic heterocycles. The fourth-order valence-electron chi connectivity index (χ4n) is 1.69. The van der Waals surface area contributed by atoms with E-state index in [2.05, 4.69) is 5.32 Å². The number of hydrogen-bond acceptors (Lipinski definition) is 2. The molecule has 0 aliphatic rings. The first kappa shape index (κ1) is 14.8. The Morgan fingerprint density at radius 3 is 2.40 bits per heavy atom. The zero-order valence-corrected chi connectivity index (χ0v) is 12.6. The van der Waals surface area contributed by atoms with Crippen molar-refractivity contribution in [2.45, 2.75) is 6.54 Å². The van der Waals surface area contributed by atoms with Crippen LogP contribution in [0.25, 0.3) is 0 Å². The van der Waals surface area contributed by atoms with Crippen molar-refractivity contribution in [3.63, 3.8) is 0 Å². The monoisotopic (exact) mass is 306 g/mol. The zero-order valence-electron chi connectivity index (χ0n) is 11.0. The second kappa shape index (κ2) is 7.22. The van der Waals surface area contributed by atoms with Crippen LogP contribution in [0.15, 0.2) is 54.6 Å². The average Bonchev–Trinajstić information content (AvgIpc) is 2.48. The predicted molar refractivity (Wildman–Crippen MR) is 86.0 cm³/mol. The topological polar surface area (TPSA) is 32.3 Å². The number of nitrogens with one attached hydrogen (secondary N) is 1. The third-order valence-electron chi connectivity index (χ3n) is 2.71. The Morgan fingerprint density at radius 1 is 1.15 bits per heavy atom. The maximum Gasteiger partial charge on any atom is 0.332 e. The molecule has 0 bridgehead atoms. The van der Waals surface area contributed by atoms with Gasteiger partial charge in [-0.3, -0.25) is 4.31 Å². The van der Waals surface area contributed by atoms with Crippen LogP contribution < -0.4 is 5.32 Å². The summed E-state index contributed by atoms with van der Waals surface area (Å²) in [6.45, 7) is 0.557. The number of amides is 2. The van der Waals surface area contributed by atoms with Gasteiger partial charge in [-0.2, -0.15) is 0 Å². The summed E-state index contributed by atoms with van der Waals surface area (Å²) >= 11 is 7.21. The smallest absolute Gasteiger partial charge is 0.307 e. The molecule has 0 aliphatic carbocycles. The molecule has 0 fully saturated rings. The van der Waals surface area contributed by atoms with Crippen molar-refractivity contribution in [3.8, 4) is 0 Å². The number of carbonyl (C=O) groups is 1. The van der Waals surface area contributed by atoms with E-state index in [-0.39, 0.29) is 6.03 Å². The number of hydrogen-bond donors (Lipinski definition) is 1. The van der Waals surface area contributed by atoms with E-state index >= 15 is 0 Å². The Morgan fingerprint density at radius 2 is 1.80 bits per heavy atom. The molecule has 20 heavy (non-hydrogen) atoms. The summed E-state index contributed by atoms with van der Waals surface area (Å²) in [6, 6.07) is 16.8. The molecular weight excluding hydrogens is 292 g/mol. The van der Waals surface area contributed by atoms with E-state index in [1.807, 2.05) is 36.6 Å². The largest absolute Gasteiger partial charge is 0.332 e. The van der Waals surface area contributed by atoms with E-state index in [4.69, 9.17) is 11.6 Å². The molecule has 0 radical (unpaired) electrons. The van der Waals surface area contributed by atoms with Crippen molar-refractivity contribution >= 4 is 35.3 Å². The predicted octanol–water partition coefficient (Wildman–Crippen LogP) is 4.65. The van der Waals surface area contributed by atoms with E-state index in [1.165, 1.54) is 11.9 Å². The van der Waals surface area contributed by atoms with Crippen LogP contribution in [-0.2, 0) is 6.54 Å². The molecule has 2 aromatic carbocycles. The molecule has 104 valence electrons. The molecule has 0 atom stereocenters. The van der Waals surface area contributed by atoms with Gasteiger partial charge in [-0.15, -0.1) is 0 Å². The quantitative estimate of drug-likeness (QED) is 0.834. The first-order chi connectivity index (χ1) is 9.69. The van der Waals surface area contributed by atoms with Crippen LogP contribution in [0.4, 0.5) is 10.5 Å². The number of nitrogens with zero attached hydrogens (tertiary/aromatic N) is 1. The van der Waals surface area contributed by atoms with Crippen molar-refractivity contribution in [1.29, 1.82) is 0 Å². The van der Waals surface area contributed by atoms with Crippen LogP contribution in [0.1, 0.15) is 5.56 Å². The molecule has 0 aliphatic heterocycles. The third-order valence-corrected chi connectivity index (χ3v) is 3.70. The number of urea groups is 1. The lowest BCUT2D eigenvalue weighted by atomic mass is 10.2. The Labute approximate surface area is 128 Å². The molecule has 2 amide bonds. The minimum Gasteiger partial charge on any atom is -0.307 e. The lowest BCUT2D eigenvalue weighted by molar-refractivity contribution is 0.237. The molecule has 0 saturated carbocycles. The minimum atomic E-state index is -0.149. The van der Waals surface area contributed by atoms with Gasteiger partial charge in [0, 0.05) is 17.0 Å². The van der Waals surface area contributed by atoms with Gasteiger partial charge in [-0.1, -0.05) is 41.9 Å². The highest BCUT2D eigenvalue weighted by Gasteiger charge is 2.13. The lowest BCUT2D eigenvalue weighted by Gasteiger charge is -2.20. The molecule has 0 saturated heterocycles. The van der Waals surface area contributed by atoms with Crippen molar-refractivity contribution in [3.05, 3.63) is 65.2 Å². The van der Waals surface area contributed by atoms with Gasteiger partial charge in [-0.05, 0) is 41.8 Å². The van der Waals surface area contributed by atoms with Gasteiger partial charge in [0.1, 0.15) is 0 Å². The lowest BCUT2D eigenvalue weighted by Crippen LogP contribution is -2.28. The Kier molecular flexibility index (Phi) is 5.32. The van der Waals surface area contributed by atoms with E-state index in [9.17, 15) is 4.79 Å². The van der Waals surface area contributed by atoms with E-state index in [0.29, 0.717) is 11.6 Å². The van der Waals surface area contributed by atoms with Gasteiger partial charge in [0.25, 0.3) is 0 Å². The van der Waals surface area contributed by atoms with Crippen LogP contribution in [0, 0.1) is 0 Å². The van der Waals surface area contributed by atoms with Crippen molar-refractivity contribution in [2.24, 2.45) is 0 Å². The summed E-state index contributed by atoms with van der Waals surface area (Å²) in [6.07, 6.45) is 1.88. The SMILES string of the molecule is CSN(Cc1ccccc1)C(=O)Nc1ccc(Cl)cc1. The second-order valence-corrected chi connectivity index (χ2v) is 5.38. The number of carbonyl (C=O) groups excluding carboxylic acids is 1. The van der Waals surface area contributed by atoms with E-state index in [1.54, 1.807) is 28.6 Å². The molecule has 0 unspecified atom stereocenters. The molecule has 1 N–H and O–H groups in total. The fraction of sp³-hybridized carbons (Fsp3) is 0.133. The summed E-state index contributed by atoms with van der Waals surface area (Å²) < 4.78 is 1.67. The maximum atomic E-state index is 12.2. The summed E-state index contributed by atoms with van der Waals surface area (Å²) in [4.78, 5) is 12.2. The molecule has 0 heterocycles. The Balaban J connectivity index is 2.00. The Hall–Kier alpha value is -1.65. The first-order valence-electron chi connectivity index (χ1n) is 6.11. The molecule has 3 nitrogen and oxygen atoms in total. The number of rotatable bonds is 4. The van der Waals surface area contributed by atoms with Crippen molar-refractivity contribution < 1.29 is 4.79 Å². The van der Waals surface area contributed by atoms with Gasteiger partial charge in [0.05, 0.1) is 6.54 Å². The second-order valence-electron chi connectivity index (χ2n) is 4.14. The average molecular weight is 307 g/mol. The number of halogens is 1. The standard InChI is InChI=1S/C15H15ClN2OS/c1-20-18(11-12-5-3-2-4-6-12)15(19)17-14-9-7-13(16)8-10-14/h2-10H,11H2,1H3,(H,17,19). The van der Waals surface area contributed by atoms with Crippen LogP contribution >= 0.6 is 23.5 Å². The van der Waals surface area contributed by atoms with Gasteiger partial charge in [0.15, 0.2) is 0 Å². The molecule has 2 rings (SSSR count). The highest BCUT2D eigenvalue weighted by molar-refractivity contribution is 7.96. The Bertz CT molecular complexity index is 560. The molecule has 0 spiro atoms. The van der Waals surface area contributed by atoms with Gasteiger partial charge in [-0.25, -0.2) is 4.79 Å². The molecule has 5 heteroatoms. The highest BCUT2D eigenvalue weighted by Crippen LogP contribution is 2.17. The van der Waals surface area contributed by atoms with Crippen molar-refractivity contribution in [2.75, 3.05) is 11.6 Å². The molecule has 2 aromatic rings. The molecular formula is C15H15ClN2OS. The maximum absolute atomic E-state index is 12.2. The van der Waals surface area contributed by atoms with Gasteiger partial charge >= 0.3 is 6.03 Å². The third kappa shape index (κ3) is 4.18. The summed E-state index contributed by atoms with van der Waals surface area (Å²) in [5.41, 5.74) is 1.82. The van der Waals surface area contributed by atoms with E-state index < -0.39 is 0 Å². The van der Waals surface area contributed by atoms with Crippen LogP contribution in [0.3, 0.4) is 0 Å². The fourth-order valence-corrected chi connectivity index (χ4v) is 2.30. The first-order valence-corrected chi connectivity index (χ1v) is 7.67. The number of anilines is 1. The summed E-state index contributed by atoms with van der Waals surface area (Å²) in [5, 5.41) is 3.50. The zero-order chi connectivity index (χ0) is 14.4. The van der Waals surface area contributed by atoms with Crippen LogP contribution in [0.2, 0.25) is 5.02 Å². The van der Waals surface area contributed by atoms with Crippen molar-refractivity contribution in [1.82, 2.24) is 4.31 Å². The minimum absolute atomic E-state index is 0.149. The highest BCUT2D eigenvalue weighted by atomic mass is 35.5. The van der Waals surface area contributed by atoms with Gasteiger partial charge < -0.3 is 5.32 Å². The normalized spacial score (nSPS) is 10.1. The van der Waals surface area contributed by atoms with Gasteiger partial charge in [0.2, 0.25) is 0 Å².